The van der Waals surface area contributed by atoms with Crippen molar-refractivity contribution < 1.29 is 89.4 Å². The standard InChI is InChI=1S/C31H50O18/c1-12-7-14(35)8-30(3,4)31(12,43)6-5-13(2)44-29-26(49-28-24(42)22(40)19(37)16(10-33)46-28)25(20(38)17(11-34)47-29)48-27-23(41)21(39)18(36)15(9-32)45-27/h5-7,13,15-29,32-34,36-43H,8-11H2,1-4H3. The lowest BCUT2D eigenvalue weighted by molar-refractivity contribution is -0.393. The minimum atomic E-state index is -1.93. The zero-order valence-corrected chi connectivity index (χ0v) is 27.6. The van der Waals surface area contributed by atoms with Gasteiger partial charge in [-0.2, -0.15) is 0 Å². The summed E-state index contributed by atoms with van der Waals surface area (Å²) >= 11 is 0. The summed E-state index contributed by atoms with van der Waals surface area (Å²) in [5.41, 5.74) is -2.06. The van der Waals surface area contributed by atoms with Crippen LogP contribution in [-0.4, -0.2) is 186 Å². The largest absolute Gasteiger partial charge is 0.394 e. The molecule has 0 bridgehead atoms. The van der Waals surface area contributed by atoms with Crippen LogP contribution in [0.5, 0.6) is 0 Å². The first-order valence-electron chi connectivity index (χ1n) is 16.1. The minimum absolute atomic E-state index is 0.0637. The van der Waals surface area contributed by atoms with E-state index in [0.717, 1.165) is 0 Å². The van der Waals surface area contributed by atoms with Crippen LogP contribution >= 0.6 is 0 Å². The molecule has 1 aliphatic carbocycles. The highest BCUT2D eigenvalue weighted by Gasteiger charge is 2.55. The van der Waals surface area contributed by atoms with Crippen LogP contribution in [0.1, 0.15) is 34.1 Å². The van der Waals surface area contributed by atoms with E-state index in [1.165, 1.54) is 18.2 Å². The summed E-state index contributed by atoms with van der Waals surface area (Å²) < 4.78 is 34.7. The molecule has 49 heavy (non-hydrogen) atoms. The Bertz CT molecular complexity index is 1180. The lowest BCUT2D eigenvalue weighted by atomic mass is 9.64. The number of ether oxygens (including phenoxy) is 6. The quantitative estimate of drug-likeness (QED) is 0.0896. The Morgan fingerprint density at radius 2 is 1.20 bits per heavy atom. The van der Waals surface area contributed by atoms with Crippen LogP contribution in [0.4, 0.5) is 0 Å². The molecule has 0 aromatic carbocycles. The first-order chi connectivity index (χ1) is 22.9. The van der Waals surface area contributed by atoms with Crippen molar-refractivity contribution in [3.8, 4) is 0 Å². The van der Waals surface area contributed by atoms with Gasteiger partial charge in [0.1, 0.15) is 78.8 Å². The summed E-state index contributed by atoms with van der Waals surface area (Å²) in [5.74, 6) is -0.146. The summed E-state index contributed by atoms with van der Waals surface area (Å²) in [4.78, 5) is 12.2. The Morgan fingerprint density at radius 3 is 1.67 bits per heavy atom. The third kappa shape index (κ3) is 8.11. The maximum atomic E-state index is 12.2. The van der Waals surface area contributed by atoms with Gasteiger partial charge in [0, 0.05) is 11.8 Å². The molecule has 11 N–H and O–H groups in total. The first-order valence-corrected chi connectivity index (χ1v) is 16.1. The summed E-state index contributed by atoms with van der Waals surface area (Å²) in [5, 5.41) is 115. The van der Waals surface area contributed by atoms with E-state index in [2.05, 4.69) is 0 Å². The zero-order valence-electron chi connectivity index (χ0n) is 27.6. The van der Waals surface area contributed by atoms with Gasteiger partial charge in [0.25, 0.3) is 0 Å². The average molecular weight is 711 g/mol. The van der Waals surface area contributed by atoms with E-state index in [0.29, 0.717) is 5.57 Å². The van der Waals surface area contributed by atoms with Crippen molar-refractivity contribution in [1.82, 2.24) is 0 Å². The molecule has 0 aromatic rings. The molecule has 18 heteroatoms. The Balaban J connectivity index is 1.67. The number of ketones is 1. The summed E-state index contributed by atoms with van der Waals surface area (Å²) in [7, 11) is 0. The molecular weight excluding hydrogens is 660 g/mol. The lowest BCUT2D eigenvalue weighted by Gasteiger charge is -2.49. The second-order valence-electron chi connectivity index (χ2n) is 13.6. The number of aliphatic hydroxyl groups excluding tert-OH is 10. The Hall–Kier alpha value is -1.53. The highest BCUT2D eigenvalue weighted by atomic mass is 16.8. The molecular formula is C31H50O18. The number of allylic oxidation sites excluding steroid dienone is 1. The molecule has 4 aliphatic rings. The van der Waals surface area contributed by atoms with Crippen LogP contribution in [0.25, 0.3) is 0 Å². The third-order valence-corrected chi connectivity index (χ3v) is 9.66. The fraction of sp³-hybridized carbons (Fsp3) is 0.839. The summed E-state index contributed by atoms with van der Waals surface area (Å²) in [6.07, 6.45) is -22.5. The highest BCUT2D eigenvalue weighted by Crippen LogP contribution is 2.44. The van der Waals surface area contributed by atoms with Gasteiger partial charge in [-0.05, 0) is 31.6 Å². The third-order valence-electron chi connectivity index (χ3n) is 9.66. The molecule has 0 spiro atoms. The minimum Gasteiger partial charge on any atom is -0.394 e. The van der Waals surface area contributed by atoms with Crippen molar-refractivity contribution in [3.05, 3.63) is 23.8 Å². The molecule has 0 radical (unpaired) electrons. The normalized spacial score (nSPS) is 46.9. The van der Waals surface area contributed by atoms with Crippen molar-refractivity contribution in [2.24, 2.45) is 5.41 Å². The summed E-state index contributed by atoms with van der Waals surface area (Å²) in [6.45, 7) is 4.19. The second kappa shape index (κ2) is 16.0. The van der Waals surface area contributed by atoms with Crippen molar-refractivity contribution in [2.75, 3.05) is 19.8 Å². The van der Waals surface area contributed by atoms with Crippen molar-refractivity contribution in [3.63, 3.8) is 0 Å². The van der Waals surface area contributed by atoms with Gasteiger partial charge in [-0.25, -0.2) is 0 Å². The van der Waals surface area contributed by atoms with Gasteiger partial charge < -0.3 is 84.6 Å². The van der Waals surface area contributed by atoms with Gasteiger partial charge in [-0.15, -0.1) is 0 Å². The van der Waals surface area contributed by atoms with E-state index >= 15 is 0 Å². The lowest BCUT2D eigenvalue weighted by Crippen LogP contribution is -2.67. The van der Waals surface area contributed by atoms with Crippen LogP contribution in [0.2, 0.25) is 0 Å². The van der Waals surface area contributed by atoms with Gasteiger partial charge in [0.05, 0.1) is 25.9 Å². The van der Waals surface area contributed by atoms with Crippen LogP contribution in [0.3, 0.4) is 0 Å². The van der Waals surface area contributed by atoms with E-state index in [1.807, 2.05) is 0 Å². The van der Waals surface area contributed by atoms with Gasteiger partial charge >= 0.3 is 0 Å². The number of carbonyl (C=O) groups excluding carboxylic acids is 1. The predicted molar refractivity (Wildman–Crippen MR) is 161 cm³/mol. The van der Waals surface area contributed by atoms with Crippen molar-refractivity contribution in [1.29, 1.82) is 0 Å². The van der Waals surface area contributed by atoms with Crippen LogP contribution in [-0.2, 0) is 33.2 Å². The van der Waals surface area contributed by atoms with E-state index < -0.39 is 129 Å². The number of aliphatic hydroxyl groups is 11. The van der Waals surface area contributed by atoms with Crippen LogP contribution in [0.15, 0.2) is 23.8 Å². The topological polar surface area (TPSA) is 295 Å². The smallest absolute Gasteiger partial charge is 0.187 e. The molecule has 0 amide bonds. The maximum Gasteiger partial charge on any atom is 0.187 e. The van der Waals surface area contributed by atoms with E-state index in [4.69, 9.17) is 28.4 Å². The SMILES string of the molecule is CC1=CC(=O)CC(C)(C)C1(O)C=CC(C)OC1OC(CO)C(O)C(OC2OC(CO)C(O)C(O)C2O)C1OC1OC(CO)C(O)C(O)C1O. The molecule has 3 fully saturated rings. The van der Waals surface area contributed by atoms with E-state index in [1.54, 1.807) is 27.7 Å². The Kier molecular flexibility index (Phi) is 13.1. The Labute approximate surface area is 282 Å². The first kappa shape index (κ1) is 40.2. The average Bonchev–Trinajstić information content (AvgIpc) is 3.05. The molecule has 0 saturated carbocycles. The maximum absolute atomic E-state index is 12.2. The van der Waals surface area contributed by atoms with Crippen LogP contribution < -0.4 is 0 Å². The monoisotopic (exact) mass is 710 g/mol. The van der Waals surface area contributed by atoms with E-state index in [-0.39, 0.29) is 12.2 Å². The fourth-order valence-electron chi connectivity index (χ4n) is 6.52. The fourth-order valence-corrected chi connectivity index (χ4v) is 6.52. The Morgan fingerprint density at radius 1 is 0.755 bits per heavy atom. The number of carbonyl (C=O) groups is 1. The number of hydrogen-bond donors (Lipinski definition) is 11. The summed E-state index contributed by atoms with van der Waals surface area (Å²) in [6, 6.07) is 0. The van der Waals surface area contributed by atoms with Crippen molar-refractivity contribution in [2.45, 2.75) is 138 Å². The molecule has 3 aliphatic heterocycles. The molecule has 18 nitrogen and oxygen atoms in total. The zero-order chi connectivity index (χ0) is 36.6. The molecule has 282 valence electrons. The van der Waals surface area contributed by atoms with E-state index in [9.17, 15) is 61.0 Å². The molecule has 17 unspecified atom stereocenters. The number of rotatable bonds is 11. The molecule has 3 heterocycles. The number of hydrogen-bond acceptors (Lipinski definition) is 18. The van der Waals surface area contributed by atoms with Crippen molar-refractivity contribution >= 4 is 5.78 Å². The molecule has 0 aromatic heterocycles. The second-order valence-corrected chi connectivity index (χ2v) is 13.6. The predicted octanol–water partition coefficient (Wildman–Crippen LogP) is -4.93. The van der Waals surface area contributed by atoms with Gasteiger partial charge in [-0.3, -0.25) is 4.79 Å². The highest BCUT2D eigenvalue weighted by molar-refractivity contribution is 5.92. The van der Waals surface area contributed by atoms with Crippen LogP contribution in [0, 0.1) is 5.41 Å². The molecule has 3 saturated heterocycles. The van der Waals surface area contributed by atoms with Gasteiger partial charge in [-0.1, -0.05) is 19.9 Å². The van der Waals surface area contributed by atoms with Gasteiger partial charge in [0.2, 0.25) is 0 Å². The van der Waals surface area contributed by atoms with Gasteiger partial charge in [0.15, 0.2) is 24.7 Å². The molecule has 4 rings (SSSR count). The molecule has 17 atom stereocenters.